The molecule has 0 aliphatic rings. The maximum atomic E-state index is 13.4. The highest BCUT2D eigenvalue weighted by Gasteiger charge is 2.29. The van der Waals surface area contributed by atoms with Gasteiger partial charge >= 0.3 is 6.18 Å². The van der Waals surface area contributed by atoms with Crippen LogP contribution in [-0.4, -0.2) is 27.3 Å². The molecule has 4 rings (SSSR count). The van der Waals surface area contributed by atoms with E-state index in [1.165, 1.54) is 10.1 Å². The van der Waals surface area contributed by atoms with E-state index < -0.39 is 18.1 Å². The first-order valence-electron chi connectivity index (χ1n) is 12.3. The van der Waals surface area contributed by atoms with E-state index in [-0.39, 0.29) is 6.54 Å². The van der Waals surface area contributed by atoms with Gasteiger partial charge < -0.3 is 9.88 Å². The number of nitrogens with one attached hydrogen (secondary N) is 1. The standard InChI is InChI=1S/C30H28F3N5/c1-29(2,20-34)28-11-9-25(19-37-28)36-14-4-7-26-18-24-17-23(6-3-5-22-12-15-35-16-13-22)8-10-27(24)38(26)21-30(31,32)33/h8-13,15-19,36H,3,5-6,14,21H2,1-2H3. The summed E-state index contributed by atoms with van der Waals surface area (Å²) < 4.78 is 41.3. The lowest BCUT2D eigenvalue weighted by atomic mass is 9.91. The summed E-state index contributed by atoms with van der Waals surface area (Å²) >= 11 is 0. The third-order valence-corrected chi connectivity index (χ3v) is 6.26. The van der Waals surface area contributed by atoms with Crippen LogP contribution in [0.3, 0.4) is 0 Å². The molecule has 3 heterocycles. The highest BCUT2D eigenvalue weighted by molar-refractivity contribution is 5.83. The number of rotatable bonds is 8. The minimum atomic E-state index is -4.37. The smallest absolute Gasteiger partial charge is 0.373 e. The molecule has 0 saturated heterocycles. The topological polar surface area (TPSA) is 66.5 Å². The van der Waals surface area contributed by atoms with Crippen molar-refractivity contribution in [3.8, 4) is 17.9 Å². The van der Waals surface area contributed by atoms with Crippen molar-refractivity contribution >= 4 is 16.6 Å². The molecule has 8 heteroatoms. The maximum absolute atomic E-state index is 13.4. The summed E-state index contributed by atoms with van der Waals surface area (Å²) in [7, 11) is 0. The van der Waals surface area contributed by atoms with E-state index in [1.807, 2.05) is 24.3 Å². The van der Waals surface area contributed by atoms with E-state index in [0.29, 0.717) is 22.6 Å². The van der Waals surface area contributed by atoms with Gasteiger partial charge in [-0.25, -0.2) is 0 Å². The van der Waals surface area contributed by atoms with Crippen molar-refractivity contribution in [2.24, 2.45) is 0 Å². The molecule has 194 valence electrons. The van der Waals surface area contributed by atoms with Crippen molar-refractivity contribution in [3.05, 3.63) is 89.6 Å². The van der Waals surface area contributed by atoms with Crippen LogP contribution >= 0.6 is 0 Å². The quantitative estimate of drug-likeness (QED) is 0.275. The summed E-state index contributed by atoms with van der Waals surface area (Å²) in [5.74, 6) is 5.83. The Kier molecular flexibility index (Phi) is 8.02. The molecule has 0 spiro atoms. The number of fused-ring (bicyclic) bond motifs is 1. The van der Waals surface area contributed by atoms with Crippen molar-refractivity contribution < 1.29 is 13.2 Å². The second kappa shape index (κ2) is 11.4. The first kappa shape index (κ1) is 26.8. The van der Waals surface area contributed by atoms with Gasteiger partial charge in [-0.1, -0.05) is 12.0 Å². The number of nitriles is 1. The Hall–Kier alpha value is -4.30. The Morgan fingerprint density at radius 2 is 1.74 bits per heavy atom. The summed E-state index contributed by atoms with van der Waals surface area (Å²) in [6, 6.07) is 17.1. The van der Waals surface area contributed by atoms with Crippen LogP contribution in [-0.2, 0) is 24.8 Å². The molecule has 0 fully saturated rings. The predicted molar refractivity (Wildman–Crippen MR) is 142 cm³/mol. The number of alkyl halides is 3. The fourth-order valence-electron chi connectivity index (χ4n) is 4.18. The highest BCUT2D eigenvalue weighted by Crippen LogP contribution is 2.27. The Balaban J connectivity index is 1.47. The Morgan fingerprint density at radius 1 is 0.974 bits per heavy atom. The number of aromatic nitrogens is 3. The van der Waals surface area contributed by atoms with Crippen molar-refractivity contribution in [1.29, 1.82) is 5.26 Å². The van der Waals surface area contributed by atoms with Crippen LogP contribution in [0.1, 0.15) is 42.8 Å². The number of hydrogen-bond acceptors (Lipinski definition) is 4. The SMILES string of the molecule is CC(C)(C#N)c1ccc(NCC#Cc2cc3cc(CCCc4ccncc4)ccc3n2CC(F)(F)F)cn1. The molecule has 0 bridgehead atoms. The number of halogens is 3. The lowest BCUT2D eigenvalue weighted by molar-refractivity contribution is -0.140. The highest BCUT2D eigenvalue weighted by atomic mass is 19.4. The number of nitrogens with zero attached hydrogens (tertiary/aromatic N) is 4. The zero-order valence-corrected chi connectivity index (χ0v) is 21.3. The van der Waals surface area contributed by atoms with Gasteiger partial charge in [0.15, 0.2) is 0 Å². The fourth-order valence-corrected chi connectivity index (χ4v) is 4.18. The van der Waals surface area contributed by atoms with Gasteiger partial charge in [0, 0.05) is 23.3 Å². The van der Waals surface area contributed by atoms with E-state index in [9.17, 15) is 18.4 Å². The second-order valence-electron chi connectivity index (χ2n) is 9.66. The Bertz CT molecular complexity index is 1490. The average Bonchev–Trinajstić information content (AvgIpc) is 3.22. The molecule has 5 nitrogen and oxygen atoms in total. The van der Waals surface area contributed by atoms with Crippen molar-refractivity contribution in [2.45, 2.75) is 51.2 Å². The van der Waals surface area contributed by atoms with Crippen LogP contribution < -0.4 is 5.32 Å². The monoisotopic (exact) mass is 515 g/mol. The first-order chi connectivity index (χ1) is 18.1. The number of aryl methyl sites for hydroxylation is 2. The van der Waals surface area contributed by atoms with Crippen LogP contribution in [0.15, 0.2) is 67.1 Å². The van der Waals surface area contributed by atoms with Gasteiger partial charge in [0.1, 0.15) is 6.54 Å². The minimum Gasteiger partial charge on any atom is -0.373 e. The molecular formula is C30H28F3N5. The number of benzene rings is 1. The van der Waals surface area contributed by atoms with Crippen LogP contribution in [0.4, 0.5) is 18.9 Å². The van der Waals surface area contributed by atoms with Crippen LogP contribution in [0.25, 0.3) is 10.9 Å². The van der Waals surface area contributed by atoms with Gasteiger partial charge in [-0.05, 0) is 92.6 Å². The summed E-state index contributed by atoms with van der Waals surface area (Å²) in [4.78, 5) is 8.35. The van der Waals surface area contributed by atoms with Gasteiger partial charge in [0.25, 0.3) is 0 Å². The lowest BCUT2D eigenvalue weighted by Gasteiger charge is -2.14. The van der Waals surface area contributed by atoms with Gasteiger partial charge in [0.05, 0.1) is 41.3 Å². The van der Waals surface area contributed by atoms with Crippen molar-refractivity contribution in [1.82, 2.24) is 14.5 Å². The molecule has 38 heavy (non-hydrogen) atoms. The zero-order valence-electron chi connectivity index (χ0n) is 21.3. The summed E-state index contributed by atoms with van der Waals surface area (Å²) in [6.45, 7) is 2.71. The third kappa shape index (κ3) is 6.92. The molecule has 0 amide bonds. The van der Waals surface area contributed by atoms with Crippen LogP contribution in [0.5, 0.6) is 0 Å². The van der Waals surface area contributed by atoms with Crippen LogP contribution in [0.2, 0.25) is 0 Å². The molecule has 0 radical (unpaired) electrons. The molecule has 1 N–H and O–H groups in total. The molecule has 0 aliphatic carbocycles. The molecular weight excluding hydrogens is 487 g/mol. The van der Waals surface area contributed by atoms with Gasteiger partial charge in [0.2, 0.25) is 0 Å². The fraction of sp³-hybridized carbons (Fsp3) is 0.300. The average molecular weight is 516 g/mol. The summed E-state index contributed by atoms with van der Waals surface area (Å²) in [6.07, 6.45) is 3.46. The van der Waals surface area contributed by atoms with Gasteiger partial charge in [-0.2, -0.15) is 18.4 Å². The first-order valence-corrected chi connectivity index (χ1v) is 12.3. The molecule has 3 aromatic heterocycles. The largest absolute Gasteiger partial charge is 0.406 e. The molecule has 0 aliphatic heterocycles. The number of pyridine rings is 2. The predicted octanol–water partition coefficient (Wildman–Crippen LogP) is 6.43. The normalized spacial score (nSPS) is 11.6. The minimum absolute atomic E-state index is 0.233. The number of anilines is 1. The molecule has 0 unspecified atom stereocenters. The lowest BCUT2D eigenvalue weighted by Crippen LogP contribution is -2.18. The van der Waals surface area contributed by atoms with E-state index in [0.717, 1.165) is 30.2 Å². The molecule has 1 aromatic carbocycles. The van der Waals surface area contributed by atoms with Gasteiger partial charge in [-0.3, -0.25) is 9.97 Å². The summed E-state index contributed by atoms with van der Waals surface area (Å²) in [5.41, 5.74) is 3.79. The Morgan fingerprint density at radius 3 is 2.42 bits per heavy atom. The van der Waals surface area contributed by atoms with Crippen molar-refractivity contribution in [3.63, 3.8) is 0 Å². The van der Waals surface area contributed by atoms with Gasteiger partial charge in [-0.15, -0.1) is 0 Å². The van der Waals surface area contributed by atoms with E-state index >= 15 is 0 Å². The van der Waals surface area contributed by atoms with E-state index in [4.69, 9.17) is 0 Å². The Labute approximate surface area is 220 Å². The number of hydrogen-bond donors (Lipinski definition) is 1. The third-order valence-electron chi connectivity index (χ3n) is 6.26. The summed E-state index contributed by atoms with van der Waals surface area (Å²) in [5, 5.41) is 13.1. The van der Waals surface area contributed by atoms with Crippen LogP contribution in [0, 0.1) is 23.2 Å². The van der Waals surface area contributed by atoms with E-state index in [2.05, 4.69) is 33.2 Å². The van der Waals surface area contributed by atoms with E-state index in [1.54, 1.807) is 56.7 Å². The second-order valence-corrected chi connectivity index (χ2v) is 9.66. The molecule has 0 saturated carbocycles. The zero-order chi connectivity index (χ0) is 27.2. The maximum Gasteiger partial charge on any atom is 0.406 e. The van der Waals surface area contributed by atoms with Crippen molar-refractivity contribution in [2.75, 3.05) is 11.9 Å². The molecule has 0 atom stereocenters. The molecule has 4 aromatic rings.